The standard InChI is InChI=1S/C51H83N10O9P/c1-11-34(4)46(58(8)50(68)45(33(2)3)56-51(57(6)7)59-28-24-52-25-29-59)40(69-9)30-44(65)60-27-15-16-39(60)47(70-10)35(5)48(66)55-38(32-71)49(67)54-37-20-18-36(19-21-37)31-53-41(62)17-13-12-14-26-61-42(63)22-23-43(61)64/h18-23,33-35,38-40,45-47,52H,11-17,24-32,71H2,1-10H3,(H,53,62)(H,54,67)(H,55,66)/t34-,35+,38-,39-,40+,45-,46-,47+/m0/s1. The number of nitrogens with one attached hydrogen (secondary N) is 4. The Hall–Kier alpha value is -4.97. The van der Waals surface area contributed by atoms with Crippen LogP contribution in [0, 0.1) is 17.8 Å². The second-order valence-corrected chi connectivity index (χ2v) is 20.0. The van der Waals surface area contributed by atoms with Crippen LogP contribution >= 0.6 is 9.24 Å². The molecule has 2 saturated heterocycles. The molecule has 7 amide bonds. The van der Waals surface area contributed by atoms with Crippen molar-refractivity contribution in [2.24, 2.45) is 22.7 Å². The van der Waals surface area contributed by atoms with Crippen LogP contribution in [0.2, 0.25) is 0 Å². The number of ether oxygens (including phenoxy) is 2. The second-order valence-electron chi connectivity index (χ2n) is 19.6. The fourth-order valence-corrected chi connectivity index (χ4v) is 9.95. The number of imide groups is 1. The number of aliphatic imine (C=N–C) groups is 1. The predicted molar refractivity (Wildman–Crippen MR) is 278 cm³/mol. The van der Waals surface area contributed by atoms with Crippen LogP contribution in [-0.2, 0) is 49.6 Å². The van der Waals surface area contributed by atoms with Crippen molar-refractivity contribution in [1.29, 1.82) is 0 Å². The lowest BCUT2D eigenvalue weighted by Gasteiger charge is -2.40. The predicted octanol–water partition coefficient (Wildman–Crippen LogP) is 2.85. The number of carbonyl (C=O) groups is 7. The average Bonchev–Trinajstić information content (AvgIpc) is 3.97. The van der Waals surface area contributed by atoms with E-state index >= 15 is 0 Å². The monoisotopic (exact) mass is 1010 g/mol. The number of likely N-dealkylation sites (tertiary alicyclic amines) is 1. The molecule has 1 aromatic carbocycles. The van der Waals surface area contributed by atoms with E-state index in [0.717, 1.165) is 50.5 Å². The molecule has 396 valence electrons. The van der Waals surface area contributed by atoms with Crippen molar-refractivity contribution < 1.29 is 43.0 Å². The van der Waals surface area contributed by atoms with Gasteiger partial charge in [0.05, 0.1) is 36.6 Å². The molecule has 19 nitrogen and oxygen atoms in total. The minimum Gasteiger partial charge on any atom is -0.379 e. The highest BCUT2D eigenvalue weighted by atomic mass is 31.0. The normalized spacial score (nSPS) is 19.2. The van der Waals surface area contributed by atoms with Crippen LogP contribution in [0.25, 0.3) is 0 Å². The molecule has 1 aromatic rings. The Bertz CT molecular complexity index is 2000. The first-order valence-corrected chi connectivity index (χ1v) is 26.2. The lowest BCUT2D eigenvalue weighted by molar-refractivity contribution is -0.146. The maximum Gasteiger partial charge on any atom is 0.253 e. The van der Waals surface area contributed by atoms with Gasteiger partial charge in [0.2, 0.25) is 29.5 Å². The molecule has 4 rings (SSSR count). The van der Waals surface area contributed by atoms with Gasteiger partial charge < -0.3 is 50.3 Å². The van der Waals surface area contributed by atoms with E-state index in [4.69, 9.17) is 14.5 Å². The number of guanidine groups is 1. The van der Waals surface area contributed by atoms with E-state index in [9.17, 15) is 33.6 Å². The van der Waals surface area contributed by atoms with Crippen LogP contribution in [0.3, 0.4) is 0 Å². The first-order chi connectivity index (χ1) is 33.9. The molecule has 3 aliphatic heterocycles. The SMILES string of the molecule is CC[C@H](C)[C@@H]([C@@H](CC(=O)N1CCC[C@H]1[C@H](OC)[C@@H](C)C(=O)N[C@@H](CP)C(=O)Nc1ccc(CNC(=O)CCCCCN2C(=O)C=CC2=O)cc1)OC)N(C)C(=O)[C@@H](N=C(N(C)C)N1CCNCC1)C(C)C. The van der Waals surface area contributed by atoms with Crippen LogP contribution in [0.15, 0.2) is 41.4 Å². The Kier molecular flexibility index (Phi) is 23.9. The lowest BCUT2D eigenvalue weighted by Crippen LogP contribution is -2.56. The summed E-state index contributed by atoms with van der Waals surface area (Å²) in [5.74, 6) is -1.84. The number of unbranched alkanes of at least 4 members (excludes halogenated alkanes) is 2. The summed E-state index contributed by atoms with van der Waals surface area (Å²) in [6.45, 7) is 14.3. The minimum absolute atomic E-state index is 0.00666. The summed E-state index contributed by atoms with van der Waals surface area (Å²) in [6.07, 6.45) is 5.89. The number of methoxy groups -OCH3 is 2. The molecular formula is C51H83N10O9P. The molecular weight excluding hydrogens is 928 g/mol. The summed E-state index contributed by atoms with van der Waals surface area (Å²) in [4.78, 5) is 106. The Morgan fingerprint density at radius 1 is 0.901 bits per heavy atom. The number of likely N-dealkylation sites (N-methyl/N-ethyl adjacent to an activating group) is 1. The van der Waals surface area contributed by atoms with Crippen molar-refractivity contribution in [2.45, 2.75) is 129 Å². The first kappa shape index (κ1) is 58.6. The highest BCUT2D eigenvalue weighted by molar-refractivity contribution is 7.16. The van der Waals surface area contributed by atoms with Crippen molar-refractivity contribution in [3.63, 3.8) is 0 Å². The van der Waals surface area contributed by atoms with Crippen LogP contribution < -0.4 is 21.3 Å². The fraction of sp³-hybridized carbons (Fsp3) is 0.686. The largest absolute Gasteiger partial charge is 0.379 e. The van der Waals surface area contributed by atoms with E-state index in [1.807, 2.05) is 32.8 Å². The highest BCUT2D eigenvalue weighted by Crippen LogP contribution is 2.30. The molecule has 4 N–H and O–H groups in total. The number of hydrogen-bond acceptors (Lipinski definition) is 11. The zero-order valence-corrected chi connectivity index (χ0v) is 45.1. The van der Waals surface area contributed by atoms with Crippen molar-refractivity contribution in [3.8, 4) is 0 Å². The van der Waals surface area contributed by atoms with Gasteiger partial charge in [-0.1, -0.05) is 59.6 Å². The van der Waals surface area contributed by atoms with Gasteiger partial charge in [0.15, 0.2) is 5.96 Å². The second kappa shape index (κ2) is 28.9. The van der Waals surface area contributed by atoms with Crippen LogP contribution in [-0.4, -0.2) is 189 Å². The van der Waals surface area contributed by atoms with Gasteiger partial charge in [0, 0.05) is 105 Å². The lowest BCUT2D eigenvalue weighted by atomic mass is 9.89. The van der Waals surface area contributed by atoms with E-state index < -0.39 is 48.2 Å². The molecule has 9 atom stereocenters. The zero-order valence-electron chi connectivity index (χ0n) is 43.9. The van der Waals surface area contributed by atoms with E-state index in [-0.39, 0.29) is 59.9 Å². The fourth-order valence-electron chi connectivity index (χ4n) is 9.62. The molecule has 2 fully saturated rings. The van der Waals surface area contributed by atoms with Gasteiger partial charge in [-0.3, -0.25) is 38.5 Å². The van der Waals surface area contributed by atoms with Crippen LogP contribution in [0.4, 0.5) is 5.69 Å². The summed E-state index contributed by atoms with van der Waals surface area (Å²) in [5.41, 5.74) is 1.36. The van der Waals surface area contributed by atoms with Gasteiger partial charge in [-0.05, 0) is 61.4 Å². The third-order valence-corrected chi connectivity index (χ3v) is 14.4. The van der Waals surface area contributed by atoms with Gasteiger partial charge in [0.1, 0.15) is 12.1 Å². The number of carbonyl (C=O) groups excluding carboxylic acids is 7. The maximum absolute atomic E-state index is 14.5. The summed E-state index contributed by atoms with van der Waals surface area (Å²) < 4.78 is 12.1. The number of nitrogens with zero attached hydrogens (tertiary/aromatic N) is 6. The Labute approximate surface area is 424 Å². The molecule has 0 saturated carbocycles. The van der Waals surface area contributed by atoms with E-state index in [2.05, 4.69) is 49.3 Å². The Morgan fingerprint density at radius 2 is 1.56 bits per heavy atom. The van der Waals surface area contributed by atoms with Crippen molar-refractivity contribution in [1.82, 2.24) is 40.4 Å². The number of rotatable bonds is 26. The van der Waals surface area contributed by atoms with E-state index in [1.54, 1.807) is 55.1 Å². The molecule has 3 aliphatic rings. The smallest absolute Gasteiger partial charge is 0.253 e. The third-order valence-electron chi connectivity index (χ3n) is 14.0. The average molecular weight is 1010 g/mol. The number of amides is 7. The summed E-state index contributed by atoms with van der Waals surface area (Å²) >= 11 is 0. The quantitative estimate of drug-likeness (QED) is 0.0347. The van der Waals surface area contributed by atoms with Gasteiger partial charge in [0.25, 0.3) is 11.8 Å². The molecule has 0 aliphatic carbocycles. The summed E-state index contributed by atoms with van der Waals surface area (Å²) in [6, 6.07) is 4.70. The first-order valence-electron chi connectivity index (χ1n) is 25.4. The van der Waals surface area contributed by atoms with Gasteiger partial charge in [-0.15, -0.1) is 9.24 Å². The van der Waals surface area contributed by atoms with Crippen molar-refractivity contribution in [2.75, 3.05) is 86.1 Å². The molecule has 0 radical (unpaired) electrons. The summed E-state index contributed by atoms with van der Waals surface area (Å²) in [5, 5.41) is 12.0. The number of piperazine rings is 1. The highest BCUT2D eigenvalue weighted by Gasteiger charge is 2.43. The molecule has 3 heterocycles. The van der Waals surface area contributed by atoms with Crippen LogP contribution in [0.5, 0.6) is 0 Å². The molecule has 0 bridgehead atoms. The Morgan fingerprint density at radius 3 is 2.14 bits per heavy atom. The van der Waals surface area contributed by atoms with Gasteiger partial charge in [-0.2, -0.15) is 0 Å². The maximum atomic E-state index is 14.5. The topological polar surface area (TPSA) is 215 Å². The zero-order chi connectivity index (χ0) is 52.4. The molecule has 0 spiro atoms. The van der Waals surface area contributed by atoms with Crippen LogP contribution in [0.1, 0.15) is 91.5 Å². The molecule has 20 heteroatoms. The number of anilines is 1. The summed E-state index contributed by atoms with van der Waals surface area (Å²) in [7, 11) is 11.3. The Balaban J connectivity index is 1.32. The minimum atomic E-state index is -0.877. The number of hydrogen-bond donors (Lipinski definition) is 4. The van der Waals surface area contributed by atoms with Crippen molar-refractivity contribution in [3.05, 3.63) is 42.0 Å². The molecule has 1 unspecified atom stereocenters. The number of benzene rings is 1. The molecule has 0 aromatic heterocycles. The van der Waals surface area contributed by atoms with Gasteiger partial charge >= 0.3 is 0 Å². The third kappa shape index (κ3) is 16.5. The molecule has 71 heavy (non-hydrogen) atoms. The van der Waals surface area contributed by atoms with Gasteiger partial charge in [-0.25, -0.2) is 4.99 Å². The van der Waals surface area contributed by atoms with E-state index in [0.29, 0.717) is 57.4 Å². The van der Waals surface area contributed by atoms with E-state index in [1.165, 1.54) is 24.2 Å². The van der Waals surface area contributed by atoms with Crippen molar-refractivity contribution >= 4 is 62.2 Å².